The zero-order valence-electron chi connectivity index (χ0n) is 23.2. The average Bonchev–Trinajstić information content (AvgIpc) is 3.76. The minimum Gasteiger partial charge on any atom is -0.274 e. The Balaban J connectivity index is 1.24. The first kappa shape index (κ1) is 25.2. The van der Waals surface area contributed by atoms with E-state index in [-0.39, 0.29) is 53.2 Å². The number of allylic oxidation sites excluding steroid dienone is 2. The molecule has 43 heavy (non-hydrogen) atoms. The van der Waals surface area contributed by atoms with E-state index in [1.807, 2.05) is 55.5 Å². The van der Waals surface area contributed by atoms with Crippen LogP contribution in [0.3, 0.4) is 0 Å². The van der Waals surface area contributed by atoms with Gasteiger partial charge in [0.1, 0.15) is 0 Å². The summed E-state index contributed by atoms with van der Waals surface area (Å²) in [5.74, 6) is -3.68. The molecule has 3 fully saturated rings. The Labute approximate surface area is 252 Å². The Bertz CT molecular complexity index is 1820. The lowest BCUT2D eigenvalue weighted by Crippen LogP contribution is -2.55. The largest absolute Gasteiger partial charge is 0.274 e. The molecule has 8 heteroatoms. The Morgan fingerprint density at radius 2 is 1.40 bits per heavy atom. The molecule has 1 saturated carbocycles. The molecular formula is C35H26ClN3O4. The Morgan fingerprint density at radius 1 is 0.791 bits per heavy atom. The molecule has 10 rings (SSSR count). The smallest absolute Gasteiger partial charge is 0.254 e. The summed E-state index contributed by atoms with van der Waals surface area (Å²) >= 11 is 6.45. The third kappa shape index (κ3) is 2.93. The topological polar surface area (TPSA) is 87.1 Å². The zero-order chi connectivity index (χ0) is 29.4. The van der Waals surface area contributed by atoms with Crippen molar-refractivity contribution in [3.8, 4) is 0 Å². The van der Waals surface area contributed by atoms with Gasteiger partial charge in [-0.3, -0.25) is 19.2 Å². The second-order valence-corrected chi connectivity index (χ2v) is 13.1. The van der Waals surface area contributed by atoms with E-state index >= 15 is 0 Å². The minimum atomic E-state index is -1.17. The molecule has 2 heterocycles. The standard InChI is InChI=1S/C35H26ClN3O4/c1-17-10-13-20(15-25(17)36)38-31(40)29-28-21-6-2-4-8-23(21)35(30(29)34(38)43,24-9-5-3-7-22(24)28)16-37-39-32(41)26-18-11-12-19(14-18)27(26)33(39)42/h2-13,15-16,18-19,26-30H,14H2,1H3/b37-16-/t18-,19-,26+,27+,28?,29+,30+,35?/m0/s1. The number of carbonyl (C=O) groups is 4. The molecule has 3 aromatic rings. The molecule has 7 nitrogen and oxygen atoms in total. The second-order valence-electron chi connectivity index (χ2n) is 12.7. The highest BCUT2D eigenvalue weighted by molar-refractivity contribution is 6.32. The summed E-state index contributed by atoms with van der Waals surface area (Å²) in [7, 11) is 0. The third-order valence-electron chi connectivity index (χ3n) is 10.9. The zero-order valence-corrected chi connectivity index (χ0v) is 23.9. The fourth-order valence-electron chi connectivity index (χ4n) is 9.17. The van der Waals surface area contributed by atoms with E-state index in [0.29, 0.717) is 10.7 Å². The van der Waals surface area contributed by atoms with Gasteiger partial charge in [-0.2, -0.15) is 10.1 Å². The predicted molar refractivity (Wildman–Crippen MR) is 159 cm³/mol. The number of imide groups is 2. The van der Waals surface area contributed by atoms with Crippen LogP contribution in [0.1, 0.15) is 40.2 Å². The van der Waals surface area contributed by atoms with Crippen molar-refractivity contribution in [1.82, 2.24) is 5.01 Å². The van der Waals surface area contributed by atoms with Crippen molar-refractivity contribution in [1.29, 1.82) is 0 Å². The van der Waals surface area contributed by atoms with Crippen LogP contribution in [0.2, 0.25) is 5.02 Å². The van der Waals surface area contributed by atoms with E-state index in [1.54, 1.807) is 24.4 Å². The third-order valence-corrected chi connectivity index (χ3v) is 11.3. The lowest BCUT2D eigenvalue weighted by atomic mass is 9.47. The summed E-state index contributed by atoms with van der Waals surface area (Å²) in [5, 5.41) is 6.18. The number of benzene rings is 3. The Hall–Kier alpha value is -4.36. The SMILES string of the molecule is Cc1ccc(N2C(=O)[C@@H]3C4c5ccccc5C(/C=N\N5C(=O)[C@H]6[C@H](C5=O)[C@H]5C=C[C@H]6C5)(c5ccccc54)[C@H]3C2=O)cc1Cl. The quantitative estimate of drug-likeness (QED) is 0.245. The van der Waals surface area contributed by atoms with Gasteiger partial charge in [0.15, 0.2) is 0 Å². The van der Waals surface area contributed by atoms with Gasteiger partial charge in [-0.25, -0.2) is 4.90 Å². The van der Waals surface area contributed by atoms with E-state index in [9.17, 15) is 19.2 Å². The summed E-state index contributed by atoms with van der Waals surface area (Å²) in [6.45, 7) is 1.87. The molecule has 3 aromatic carbocycles. The fourth-order valence-corrected chi connectivity index (χ4v) is 9.35. The predicted octanol–water partition coefficient (Wildman–Crippen LogP) is 4.99. The van der Waals surface area contributed by atoms with E-state index in [0.717, 1.165) is 39.2 Å². The van der Waals surface area contributed by atoms with Crippen molar-refractivity contribution in [2.24, 2.45) is 40.6 Å². The number of rotatable bonds is 3. The molecule has 0 aromatic heterocycles. The van der Waals surface area contributed by atoms with Crippen molar-refractivity contribution in [2.45, 2.75) is 24.7 Å². The molecule has 0 radical (unpaired) electrons. The van der Waals surface area contributed by atoms with Crippen LogP contribution in [0.4, 0.5) is 5.69 Å². The first-order valence-electron chi connectivity index (χ1n) is 14.8. The number of carbonyl (C=O) groups excluding carboxylic acids is 4. The highest BCUT2D eigenvalue weighted by Crippen LogP contribution is 2.64. The lowest BCUT2D eigenvalue weighted by molar-refractivity contribution is -0.140. The number of nitrogens with zero attached hydrogens (tertiary/aromatic N) is 3. The number of hydrogen-bond donors (Lipinski definition) is 0. The molecular weight excluding hydrogens is 562 g/mol. The van der Waals surface area contributed by atoms with Crippen LogP contribution < -0.4 is 4.90 Å². The molecule has 0 unspecified atom stereocenters. The molecule has 2 aliphatic heterocycles. The van der Waals surface area contributed by atoms with Crippen molar-refractivity contribution >= 4 is 47.1 Å². The van der Waals surface area contributed by atoms with Crippen molar-refractivity contribution in [3.05, 3.63) is 112 Å². The van der Waals surface area contributed by atoms with Crippen LogP contribution in [0.5, 0.6) is 0 Å². The molecule has 5 aliphatic carbocycles. The second kappa shape index (κ2) is 8.38. The van der Waals surface area contributed by atoms with E-state index in [1.165, 1.54) is 4.90 Å². The van der Waals surface area contributed by atoms with Gasteiger partial charge in [0.2, 0.25) is 11.8 Å². The maximum absolute atomic E-state index is 14.6. The molecule has 0 spiro atoms. The van der Waals surface area contributed by atoms with Gasteiger partial charge in [-0.1, -0.05) is 78.4 Å². The van der Waals surface area contributed by atoms with Gasteiger partial charge in [0.05, 0.1) is 34.8 Å². The molecule has 4 bridgehead atoms. The number of fused-ring (bicyclic) bond motifs is 5. The number of amides is 4. The number of aryl methyl sites for hydroxylation is 1. The van der Waals surface area contributed by atoms with Crippen LogP contribution in [0.15, 0.2) is 84.0 Å². The number of anilines is 1. The monoisotopic (exact) mass is 587 g/mol. The van der Waals surface area contributed by atoms with Gasteiger partial charge in [-0.05, 0) is 65.1 Å². The molecule has 212 valence electrons. The van der Waals surface area contributed by atoms with Crippen LogP contribution in [0.25, 0.3) is 0 Å². The Kier molecular flexibility index (Phi) is 4.91. The van der Waals surface area contributed by atoms with Crippen molar-refractivity contribution < 1.29 is 19.2 Å². The summed E-state index contributed by atoms with van der Waals surface area (Å²) in [4.78, 5) is 57.4. The highest BCUT2D eigenvalue weighted by atomic mass is 35.5. The number of halogens is 1. The summed E-state index contributed by atoms with van der Waals surface area (Å²) in [5.41, 5.74) is 3.76. The first-order chi connectivity index (χ1) is 20.8. The molecule has 6 atom stereocenters. The fraction of sp³-hybridized carbons (Fsp3) is 0.286. The maximum atomic E-state index is 14.6. The average molecular weight is 588 g/mol. The normalized spacial score (nSPS) is 34.4. The minimum absolute atomic E-state index is 0.0599. The van der Waals surface area contributed by atoms with Gasteiger partial charge in [0, 0.05) is 17.2 Å². The van der Waals surface area contributed by atoms with Gasteiger partial charge >= 0.3 is 0 Å². The van der Waals surface area contributed by atoms with Crippen molar-refractivity contribution in [3.63, 3.8) is 0 Å². The highest BCUT2D eigenvalue weighted by Gasteiger charge is 2.68. The van der Waals surface area contributed by atoms with Gasteiger partial charge in [0.25, 0.3) is 11.8 Å². The van der Waals surface area contributed by atoms with Gasteiger partial charge < -0.3 is 0 Å². The van der Waals surface area contributed by atoms with Crippen LogP contribution in [0, 0.1) is 42.4 Å². The van der Waals surface area contributed by atoms with Crippen LogP contribution >= 0.6 is 11.6 Å². The number of hydrogen-bond acceptors (Lipinski definition) is 5. The molecule has 7 aliphatic rings. The summed E-state index contributed by atoms with van der Waals surface area (Å²) in [6.07, 6.45) is 6.56. The molecule has 4 amide bonds. The van der Waals surface area contributed by atoms with Crippen molar-refractivity contribution in [2.75, 3.05) is 4.90 Å². The lowest BCUT2D eigenvalue weighted by Gasteiger charge is -2.52. The van der Waals surface area contributed by atoms with E-state index in [4.69, 9.17) is 11.6 Å². The Morgan fingerprint density at radius 3 is 2.00 bits per heavy atom. The van der Waals surface area contributed by atoms with Crippen LogP contribution in [-0.4, -0.2) is 34.9 Å². The van der Waals surface area contributed by atoms with Crippen LogP contribution in [-0.2, 0) is 24.6 Å². The maximum Gasteiger partial charge on any atom is 0.254 e. The summed E-state index contributed by atoms with van der Waals surface area (Å²) < 4.78 is 0. The van der Waals surface area contributed by atoms with E-state index in [2.05, 4.69) is 17.3 Å². The van der Waals surface area contributed by atoms with Gasteiger partial charge in [-0.15, -0.1) is 0 Å². The van der Waals surface area contributed by atoms with E-state index < -0.39 is 17.3 Å². The number of hydrazone groups is 1. The molecule has 0 N–H and O–H groups in total. The first-order valence-corrected chi connectivity index (χ1v) is 15.1. The summed E-state index contributed by atoms with van der Waals surface area (Å²) in [6, 6.07) is 20.9. The molecule has 2 saturated heterocycles.